The van der Waals surface area contributed by atoms with Gasteiger partial charge in [-0.15, -0.1) is 0 Å². The van der Waals surface area contributed by atoms with Crippen LogP contribution in [0.15, 0.2) is 11.6 Å². The maximum atomic E-state index is 12.1. The molecule has 2 aliphatic rings. The van der Waals surface area contributed by atoms with Crippen LogP contribution in [0.4, 0.5) is 4.79 Å². The lowest BCUT2D eigenvalue weighted by molar-refractivity contribution is -0.165. The van der Waals surface area contributed by atoms with E-state index in [1.165, 1.54) is 31.3 Å². The highest BCUT2D eigenvalue weighted by Crippen LogP contribution is 2.53. The van der Waals surface area contributed by atoms with Crippen molar-refractivity contribution >= 4 is 6.09 Å². The molecule has 1 fully saturated rings. The number of allylic oxidation sites excluding steroid dienone is 1. The zero-order chi connectivity index (χ0) is 19.9. The van der Waals surface area contributed by atoms with Crippen molar-refractivity contribution in [2.75, 3.05) is 19.8 Å². The summed E-state index contributed by atoms with van der Waals surface area (Å²) in [6.45, 7) is 13.0. The maximum Gasteiger partial charge on any atom is 0.407 e. The van der Waals surface area contributed by atoms with Crippen LogP contribution in [0, 0.1) is 23.2 Å². The van der Waals surface area contributed by atoms with Gasteiger partial charge in [0.05, 0.1) is 12.7 Å². The number of alkyl carbamates (subject to hydrolysis) is 1. The summed E-state index contributed by atoms with van der Waals surface area (Å²) in [6.07, 6.45) is 10.7. The summed E-state index contributed by atoms with van der Waals surface area (Å²) >= 11 is 0. The summed E-state index contributed by atoms with van der Waals surface area (Å²) in [5, 5.41) is 2.86. The summed E-state index contributed by atoms with van der Waals surface area (Å²) in [4.78, 5) is 12.1. The van der Waals surface area contributed by atoms with Crippen LogP contribution in [0.25, 0.3) is 0 Å². The Morgan fingerprint density at radius 3 is 2.67 bits per heavy atom. The van der Waals surface area contributed by atoms with E-state index in [9.17, 15) is 4.79 Å². The van der Waals surface area contributed by atoms with Gasteiger partial charge in [-0.05, 0) is 31.6 Å². The number of ether oxygens (including phenoxy) is 2. The molecule has 2 rings (SSSR count). The summed E-state index contributed by atoms with van der Waals surface area (Å²) in [5.74, 6) is 1.27. The van der Waals surface area contributed by atoms with Gasteiger partial charge in [0.15, 0.2) is 0 Å². The van der Waals surface area contributed by atoms with Crippen LogP contribution in [0.5, 0.6) is 0 Å². The van der Waals surface area contributed by atoms with Crippen molar-refractivity contribution in [1.29, 1.82) is 0 Å². The molecule has 5 atom stereocenters. The van der Waals surface area contributed by atoms with E-state index in [-0.39, 0.29) is 11.5 Å². The van der Waals surface area contributed by atoms with E-state index >= 15 is 0 Å². The molecule has 27 heavy (non-hydrogen) atoms. The molecule has 2 bridgehead atoms. The summed E-state index contributed by atoms with van der Waals surface area (Å²) in [7, 11) is 0. The van der Waals surface area contributed by atoms with Gasteiger partial charge in [-0.25, -0.2) is 4.79 Å². The van der Waals surface area contributed by atoms with Crippen LogP contribution < -0.4 is 5.32 Å². The van der Waals surface area contributed by atoms with Gasteiger partial charge in [0.2, 0.25) is 0 Å². The maximum absolute atomic E-state index is 12.1. The Morgan fingerprint density at radius 1 is 1.22 bits per heavy atom. The predicted octanol–water partition coefficient (Wildman–Crippen LogP) is 5.72. The summed E-state index contributed by atoms with van der Waals surface area (Å²) in [6, 6.07) is 0. The average Bonchev–Trinajstić information content (AvgIpc) is 2.63. The first-order chi connectivity index (χ1) is 13.0. The molecule has 1 amide bonds. The van der Waals surface area contributed by atoms with Crippen molar-refractivity contribution < 1.29 is 14.3 Å². The molecule has 156 valence electrons. The number of unbranched alkanes of at least 4 members (excludes halogenated alkanes) is 4. The summed E-state index contributed by atoms with van der Waals surface area (Å²) < 4.78 is 12.1. The highest BCUT2D eigenvalue weighted by Gasteiger charge is 2.53. The minimum Gasteiger partial charge on any atom is -0.449 e. The minimum atomic E-state index is -0.290. The number of hydrogen-bond acceptors (Lipinski definition) is 3. The van der Waals surface area contributed by atoms with E-state index in [1.807, 2.05) is 0 Å². The normalized spacial score (nSPS) is 32.7. The molecule has 0 saturated carbocycles. The second-order valence-corrected chi connectivity index (χ2v) is 8.80. The number of hydrogen-bond donors (Lipinski definition) is 1. The summed E-state index contributed by atoms with van der Waals surface area (Å²) in [5.41, 5.74) is 1.35. The second-order valence-electron chi connectivity index (χ2n) is 8.80. The third-order valence-corrected chi connectivity index (χ3v) is 6.97. The molecule has 0 unspecified atom stereocenters. The number of rotatable bonds is 10. The smallest absolute Gasteiger partial charge is 0.407 e. The van der Waals surface area contributed by atoms with E-state index in [0.29, 0.717) is 43.6 Å². The highest BCUT2D eigenvalue weighted by atomic mass is 16.6. The van der Waals surface area contributed by atoms with Crippen LogP contribution in [0.2, 0.25) is 0 Å². The van der Waals surface area contributed by atoms with E-state index in [2.05, 4.69) is 46.0 Å². The molecule has 4 heteroatoms. The lowest BCUT2D eigenvalue weighted by Crippen LogP contribution is -2.57. The van der Waals surface area contributed by atoms with E-state index in [1.54, 1.807) is 0 Å². The van der Waals surface area contributed by atoms with E-state index in [4.69, 9.17) is 9.47 Å². The molecule has 0 spiro atoms. The lowest BCUT2D eigenvalue weighted by Gasteiger charge is -2.55. The van der Waals surface area contributed by atoms with Crippen molar-refractivity contribution in [3.63, 3.8) is 0 Å². The zero-order valence-corrected chi connectivity index (χ0v) is 18.2. The quantitative estimate of drug-likeness (QED) is 0.390. The molecule has 1 aliphatic heterocycles. The standard InChI is InChI=1S/C23H41NO3/c1-6-8-10-11-12-20-21-17(3)14-18(4)23(15-26-20,19(21)5)16-27-22(25)24-13-9-7-2/h14,18-21H,6-13,15-16H2,1-5H3,(H,24,25)/t18-,19+,20+,21+,23+/m0/s1. The first-order valence-corrected chi connectivity index (χ1v) is 11.2. The number of nitrogens with one attached hydrogen (secondary N) is 1. The molecule has 0 aromatic heterocycles. The van der Waals surface area contributed by atoms with Crippen molar-refractivity contribution in [2.24, 2.45) is 23.2 Å². The molecule has 1 saturated heterocycles. The lowest BCUT2D eigenvalue weighted by atomic mass is 9.56. The predicted molar refractivity (Wildman–Crippen MR) is 111 cm³/mol. The van der Waals surface area contributed by atoms with Crippen molar-refractivity contribution in [2.45, 2.75) is 85.7 Å². The topological polar surface area (TPSA) is 47.6 Å². The van der Waals surface area contributed by atoms with Gasteiger partial charge in [0, 0.05) is 17.9 Å². The Labute approximate surface area is 166 Å². The molecule has 1 N–H and O–H groups in total. The fraction of sp³-hybridized carbons (Fsp3) is 0.870. The second kappa shape index (κ2) is 10.5. The van der Waals surface area contributed by atoms with Crippen molar-refractivity contribution in [1.82, 2.24) is 5.32 Å². The van der Waals surface area contributed by atoms with Gasteiger partial charge in [0.25, 0.3) is 0 Å². The number of carbonyl (C=O) groups is 1. The third kappa shape index (κ3) is 5.28. The first kappa shape index (κ1) is 22.3. The number of amides is 1. The van der Waals surface area contributed by atoms with Crippen molar-refractivity contribution in [3.05, 3.63) is 11.6 Å². The van der Waals surface area contributed by atoms with Gasteiger partial charge in [-0.3, -0.25) is 0 Å². The molecule has 0 aromatic carbocycles. The Bertz CT molecular complexity index is 504. The van der Waals surface area contributed by atoms with E-state index < -0.39 is 0 Å². The Kier molecular flexibility index (Phi) is 8.65. The average molecular weight is 380 g/mol. The van der Waals surface area contributed by atoms with Crippen molar-refractivity contribution in [3.8, 4) is 0 Å². The molecular weight excluding hydrogens is 338 g/mol. The number of fused-ring (bicyclic) bond motifs is 2. The monoisotopic (exact) mass is 379 g/mol. The van der Waals surface area contributed by atoms with Crippen LogP contribution in [0.3, 0.4) is 0 Å². The van der Waals surface area contributed by atoms with Gasteiger partial charge in [-0.2, -0.15) is 0 Å². The molecule has 4 nitrogen and oxygen atoms in total. The Hall–Kier alpha value is -1.03. The third-order valence-electron chi connectivity index (χ3n) is 6.97. The fourth-order valence-corrected chi connectivity index (χ4v) is 5.04. The van der Waals surface area contributed by atoms with Gasteiger partial charge in [0.1, 0.15) is 6.61 Å². The molecular formula is C23H41NO3. The molecule has 1 aliphatic carbocycles. The van der Waals surface area contributed by atoms with Crippen LogP contribution in [-0.4, -0.2) is 32.0 Å². The minimum absolute atomic E-state index is 0.105. The molecule has 0 radical (unpaired) electrons. The molecule has 0 aromatic rings. The highest BCUT2D eigenvalue weighted by molar-refractivity contribution is 5.67. The van der Waals surface area contributed by atoms with Gasteiger partial charge in [-0.1, -0.05) is 71.4 Å². The van der Waals surface area contributed by atoms with Crippen LogP contribution in [-0.2, 0) is 9.47 Å². The van der Waals surface area contributed by atoms with Gasteiger partial charge < -0.3 is 14.8 Å². The zero-order valence-electron chi connectivity index (χ0n) is 18.2. The van der Waals surface area contributed by atoms with E-state index in [0.717, 1.165) is 19.3 Å². The number of carbonyl (C=O) groups excluding carboxylic acids is 1. The first-order valence-electron chi connectivity index (χ1n) is 11.2. The Balaban J connectivity index is 2.00. The van der Waals surface area contributed by atoms with Crippen LogP contribution >= 0.6 is 0 Å². The molecule has 1 heterocycles. The fourth-order valence-electron chi connectivity index (χ4n) is 5.04. The van der Waals surface area contributed by atoms with Crippen LogP contribution in [0.1, 0.15) is 79.6 Å². The SMILES string of the molecule is CCCCCC[C@H]1OC[C@]2(COC(=O)NCCCC)[C@H](C)[C@H]1C(C)=C[C@@H]2C. The largest absolute Gasteiger partial charge is 0.449 e. The van der Waals surface area contributed by atoms with Gasteiger partial charge >= 0.3 is 6.09 Å². The Morgan fingerprint density at radius 2 is 1.96 bits per heavy atom.